The Hall–Kier alpha value is -1.07. The highest BCUT2D eigenvalue weighted by Crippen LogP contribution is 2.15. The highest BCUT2D eigenvalue weighted by Gasteiger charge is 2.14. The number of anilines is 1. The molecule has 1 aliphatic heterocycles. The number of likely N-dealkylation sites (N-methyl/N-ethyl adjacent to an activating group) is 1. The zero-order valence-electron chi connectivity index (χ0n) is 13.9. The Labute approximate surface area is 129 Å². The van der Waals surface area contributed by atoms with E-state index in [0.717, 1.165) is 45.1 Å². The molecule has 0 saturated carbocycles. The van der Waals surface area contributed by atoms with Gasteiger partial charge in [-0.2, -0.15) is 0 Å². The van der Waals surface area contributed by atoms with Crippen molar-refractivity contribution in [3.05, 3.63) is 11.9 Å². The predicted molar refractivity (Wildman–Crippen MR) is 89.1 cm³/mol. The first-order valence-corrected chi connectivity index (χ1v) is 8.44. The van der Waals surface area contributed by atoms with Crippen LogP contribution in [0.2, 0.25) is 0 Å². The zero-order chi connectivity index (χ0) is 15.1. The van der Waals surface area contributed by atoms with Crippen molar-refractivity contribution in [1.82, 2.24) is 19.8 Å². The van der Waals surface area contributed by atoms with Crippen molar-refractivity contribution in [2.24, 2.45) is 0 Å². The molecule has 0 unspecified atom stereocenters. The molecular formula is C16H31N5. The van der Waals surface area contributed by atoms with Gasteiger partial charge in [-0.3, -0.25) is 4.90 Å². The van der Waals surface area contributed by atoms with E-state index in [2.05, 4.69) is 46.8 Å². The number of aromatic nitrogens is 2. The number of imidazole rings is 1. The van der Waals surface area contributed by atoms with Crippen molar-refractivity contribution in [3.63, 3.8) is 0 Å². The predicted octanol–water partition coefficient (Wildman–Crippen LogP) is 1.59. The molecule has 1 aliphatic rings. The van der Waals surface area contributed by atoms with Gasteiger partial charge in [0.25, 0.3) is 0 Å². The molecule has 1 fully saturated rings. The Morgan fingerprint density at radius 1 is 1.24 bits per heavy atom. The SMILES string of the molecule is CCCCn1cc(CC)nc1N(C)CCN1CCNCC1. The topological polar surface area (TPSA) is 36.3 Å². The first-order valence-electron chi connectivity index (χ1n) is 8.44. The molecule has 5 nitrogen and oxygen atoms in total. The van der Waals surface area contributed by atoms with Gasteiger partial charge in [0.1, 0.15) is 0 Å². The largest absolute Gasteiger partial charge is 0.344 e. The van der Waals surface area contributed by atoms with Gasteiger partial charge < -0.3 is 14.8 Å². The highest BCUT2D eigenvalue weighted by atomic mass is 15.3. The van der Waals surface area contributed by atoms with E-state index < -0.39 is 0 Å². The van der Waals surface area contributed by atoms with Crippen molar-refractivity contribution in [3.8, 4) is 0 Å². The summed E-state index contributed by atoms with van der Waals surface area (Å²) in [6, 6.07) is 0. The van der Waals surface area contributed by atoms with Crippen LogP contribution in [-0.4, -0.2) is 60.8 Å². The summed E-state index contributed by atoms with van der Waals surface area (Å²) in [5, 5.41) is 3.41. The fraction of sp³-hybridized carbons (Fsp3) is 0.812. The molecule has 5 heteroatoms. The van der Waals surface area contributed by atoms with Crippen molar-refractivity contribution in [1.29, 1.82) is 0 Å². The number of nitrogens with zero attached hydrogens (tertiary/aromatic N) is 4. The molecule has 0 bridgehead atoms. The Morgan fingerprint density at radius 3 is 2.67 bits per heavy atom. The van der Waals surface area contributed by atoms with Crippen LogP contribution in [0.3, 0.4) is 0 Å². The van der Waals surface area contributed by atoms with Gasteiger partial charge in [0.2, 0.25) is 5.95 Å². The summed E-state index contributed by atoms with van der Waals surface area (Å²) in [4.78, 5) is 9.65. The molecule has 0 radical (unpaired) electrons. The Kier molecular flexibility index (Phi) is 6.51. The molecule has 1 saturated heterocycles. The number of piperazine rings is 1. The van der Waals surface area contributed by atoms with Crippen LogP contribution >= 0.6 is 0 Å². The molecule has 120 valence electrons. The van der Waals surface area contributed by atoms with Crippen LogP contribution in [0, 0.1) is 0 Å². The van der Waals surface area contributed by atoms with Gasteiger partial charge in [-0.25, -0.2) is 4.98 Å². The average molecular weight is 293 g/mol. The van der Waals surface area contributed by atoms with Crippen molar-refractivity contribution in [2.45, 2.75) is 39.7 Å². The van der Waals surface area contributed by atoms with Gasteiger partial charge in [-0.05, 0) is 12.8 Å². The van der Waals surface area contributed by atoms with Crippen molar-refractivity contribution >= 4 is 5.95 Å². The minimum atomic E-state index is 1.01. The van der Waals surface area contributed by atoms with Crippen LogP contribution < -0.4 is 10.2 Å². The number of hydrogen-bond acceptors (Lipinski definition) is 4. The second kappa shape index (κ2) is 8.39. The van der Waals surface area contributed by atoms with Gasteiger partial charge in [-0.15, -0.1) is 0 Å². The van der Waals surface area contributed by atoms with E-state index >= 15 is 0 Å². The van der Waals surface area contributed by atoms with Gasteiger partial charge >= 0.3 is 0 Å². The van der Waals surface area contributed by atoms with E-state index in [0.29, 0.717) is 0 Å². The average Bonchev–Trinajstić information content (AvgIpc) is 2.95. The molecule has 0 atom stereocenters. The molecule has 2 heterocycles. The van der Waals surface area contributed by atoms with Crippen LogP contribution in [0.25, 0.3) is 0 Å². The van der Waals surface area contributed by atoms with Gasteiger partial charge in [0, 0.05) is 59.1 Å². The molecule has 1 aromatic heterocycles. The molecule has 0 aliphatic carbocycles. The fourth-order valence-corrected chi connectivity index (χ4v) is 2.75. The van der Waals surface area contributed by atoms with Gasteiger partial charge in [-0.1, -0.05) is 20.3 Å². The quantitative estimate of drug-likeness (QED) is 0.789. The van der Waals surface area contributed by atoms with E-state index in [4.69, 9.17) is 4.98 Å². The van der Waals surface area contributed by atoms with Crippen LogP contribution in [0.15, 0.2) is 6.20 Å². The van der Waals surface area contributed by atoms with E-state index in [1.807, 2.05) is 0 Å². The van der Waals surface area contributed by atoms with E-state index in [1.54, 1.807) is 0 Å². The minimum absolute atomic E-state index is 1.01. The Balaban J connectivity index is 1.92. The number of rotatable bonds is 8. The Morgan fingerprint density at radius 2 is 2.00 bits per heavy atom. The molecule has 21 heavy (non-hydrogen) atoms. The molecule has 1 aromatic rings. The van der Waals surface area contributed by atoms with Crippen LogP contribution in [0.4, 0.5) is 5.95 Å². The van der Waals surface area contributed by atoms with E-state index in [9.17, 15) is 0 Å². The lowest BCUT2D eigenvalue weighted by Gasteiger charge is -2.29. The second-order valence-corrected chi connectivity index (χ2v) is 5.95. The van der Waals surface area contributed by atoms with E-state index in [1.165, 1.54) is 31.6 Å². The molecule has 1 N–H and O–H groups in total. The van der Waals surface area contributed by atoms with Crippen molar-refractivity contribution in [2.75, 3.05) is 51.2 Å². The maximum atomic E-state index is 4.80. The molecule has 0 amide bonds. The highest BCUT2D eigenvalue weighted by molar-refractivity contribution is 5.32. The third-order valence-corrected chi connectivity index (χ3v) is 4.22. The van der Waals surface area contributed by atoms with Crippen LogP contribution in [0.1, 0.15) is 32.4 Å². The summed E-state index contributed by atoms with van der Waals surface area (Å²) in [6.45, 7) is 12.2. The Bertz CT molecular complexity index is 409. The number of nitrogens with one attached hydrogen (secondary N) is 1. The molecule has 0 aromatic carbocycles. The number of unbranched alkanes of at least 4 members (excludes halogenated alkanes) is 1. The van der Waals surface area contributed by atoms with Crippen LogP contribution in [0.5, 0.6) is 0 Å². The summed E-state index contributed by atoms with van der Waals surface area (Å²) in [7, 11) is 2.17. The third kappa shape index (κ3) is 4.71. The molecule has 0 spiro atoms. The lowest BCUT2D eigenvalue weighted by molar-refractivity contribution is 0.246. The monoisotopic (exact) mass is 293 g/mol. The maximum Gasteiger partial charge on any atom is 0.205 e. The molecular weight excluding hydrogens is 262 g/mol. The van der Waals surface area contributed by atoms with Crippen LogP contribution in [-0.2, 0) is 13.0 Å². The summed E-state index contributed by atoms with van der Waals surface area (Å²) >= 11 is 0. The number of hydrogen-bond donors (Lipinski definition) is 1. The number of aryl methyl sites for hydroxylation is 2. The first-order chi connectivity index (χ1) is 10.2. The zero-order valence-corrected chi connectivity index (χ0v) is 13.9. The third-order valence-electron chi connectivity index (χ3n) is 4.22. The summed E-state index contributed by atoms with van der Waals surface area (Å²) in [5.74, 6) is 1.13. The van der Waals surface area contributed by atoms with Gasteiger partial charge in [0.15, 0.2) is 0 Å². The minimum Gasteiger partial charge on any atom is -0.344 e. The smallest absolute Gasteiger partial charge is 0.205 e. The van der Waals surface area contributed by atoms with Crippen molar-refractivity contribution < 1.29 is 0 Å². The lowest BCUT2D eigenvalue weighted by atomic mass is 10.3. The normalized spacial score (nSPS) is 16.3. The standard InChI is InChI=1S/C16H31N5/c1-4-6-9-21-14-15(5-2)18-16(21)19(3)12-13-20-10-7-17-8-11-20/h14,17H,4-13H2,1-3H3. The maximum absolute atomic E-state index is 4.80. The first kappa shape index (κ1) is 16.3. The van der Waals surface area contributed by atoms with Gasteiger partial charge in [0.05, 0.1) is 5.69 Å². The second-order valence-electron chi connectivity index (χ2n) is 5.95. The van der Waals surface area contributed by atoms with E-state index in [-0.39, 0.29) is 0 Å². The summed E-state index contributed by atoms with van der Waals surface area (Å²) < 4.78 is 2.33. The molecule has 2 rings (SSSR count). The summed E-state index contributed by atoms with van der Waals surface area (Å²) in [5.41, 5.74) is 1.20. The fourth-order valence-electron chi connectivity index (χ4n) is 2.75. The lowest BCUT2D eigenvalue weighted by Crippen LogP contribution is -2.46. The summed E-state index contributed by atoms with van der Waals surface area (Å²) in [6.07, 6.45) is 5.69.